The van der Waals surface area contributed by atoms with Gasteiger partial charge in [-0.15, -0.1) is 0 Å². The molecule has 248 valence electrons. The molecule has 0 radical (unpaired) electrons. The normalized spacial score (nSPS) is 11.8. The highest BCUT2D eigenvalue weighted by molar-refractivity contribution is 8.00. The number of phenols is 2. The van der Waals surface area contributed by atoms with Gasteiger partial charge in [-0.05, 0) is 61.6 Å². The van der Waals surface area contributed by atoms with E-state index in [4.69, 9.17) is 5.11 Å². The molecule has 0 spiro atoms. The number of aryl methyl sites for hydroxylation is 2. The molecule has 0 saturated carbocycles. The summed E-state index contributed by atoms with van der Waals surface area (Å²) in [5.41, 5.74) is 1.83. The van der Waals surface area contributed by atoms with E-state index in [0.717, 1.165) is 22.9 Å². The molecule has 0 heterocycles. The van der Waals surface area contributed by atoms with Gasteiger partial charge in [-0.1, -0.05) is 18.2 Å². The number of nitrogens with one attached hydrogen (secondary N) is 3. The summed E-state index contributed by atoms with van der Waals surface area (Å²) in [6, 6.07) is 8.13. The Morgan fingerprint density at radius 2 is 1.50 bits per heavy atom. The highest BCUT2D eigenvalue weighted by atomic mass is 32.2. The second-order valence-corrected chi connectivity index (χ2v) is 10.8. The molecule has 7 N–H and O–H groups in total. The van der Waals surface area contributed by atoms with E-state index in [1.54, 1.807) is 18.2 Å². The number of rotatable bonds is 19. The van der Waals surface area contributed by atoms with Crippen molar-refractivity contribution < 1.29 is 58.7 Å². The monoisotopic (exact) mass is 661 g/mol. The van der Waals surface area contributed by atoms with Crippen LogP contribution in [0.5, 0.6) is 11.5 Å². The summed E-state index contributed by atoms with van der Waals surface area (Å²) in [6.45, 7) is 0.770. The Morgan fingerprint density at radius 3 is 2.11 bits per heavy atom. The Bertz CT molecular complexity index is 1430. The van der Waals surface area contributed by atoms with Crippen molar-refractivity contribution in [1.29, 1.82) is 0 Å². The lowest BCUT2D eigenvalue weighted by Gasteiger charge is -2.19. The van der Waals surface area contributed by atoms with Crippen molar-refractivity contribution in [1.82, 2.24) is 16.0 Å². The standard InChI is InChI=1S/C30H35N3O12S/c1-2-45-30(44)24(36)16-46-15-21(28(41)31-14-26(38)39)32-25(37)12-10-20(29(42)43)33-27(40)19-8-5-17(6-9-19)3-4-18-7-11-22(34)23(35)13-18/h5-9,11,13,20-21,34-35H,2-4,10,12,14-16H2,1H3,(H,31,41)(H,32,37)(H,33,40)(H,38,39)(H,42,43). The minimum absolute atomic E-state index is 0.00800. The molecule has 0 fully saturated rings. The van der Waals surface area contributed by atoms with Crippen molar-refractivity contribution in [3.05, 3.63) is 59.2 Å². The molecular formula is C30H35N3O12S. The van der Waals surface area contributed by atoms with Crippen LogP contribution in [-0.2, 0) is 46.3 Å². The first-order valence-corrected chi connectivity index (χ1v) is 15.2. The first-order chi connectivity index (χ1) is 21.8. The van der Waals surface area contributed by atoms with E-state index in [-0.39, 0.29) is 41.6 Å². The first kappa shape index (κ1) is 37.1. The van der Waals surface area contributed by atoms with Crippen molar-refractivity contribution in [2.45, 2.75) is 44.7 Å². The molecule has 0 aliphatic heterocycles. The average molecular weight is 662 g/mol. The molecule has 2 unspecified atom stereocenters. The molecule has 2 aromatic rings. The second-order valence-electron chi connectivity index (χ2n) is 9.81. The predicted molar refractivity (Wildman–Crippen MR) is 163 cm³/mol. The van der Waals surface area contributed by atoms with E-state index in [2.05, 4.69) is 20.7 Å². The number of phenolic OH excluding ortho intramolecular Hbond substituents is 2. The number of ether oxygens (including phenoxy) is 1. The number of thioether (sulfide) groups is 1. The number of Topliss-reactive ketones (excluding diaryl/α,β-unsaturated/α-hetero) is 1. The number of carbonyl (C=O) groups excluding carboxylic acids is 5. The fourth-order valence-electron chi connectivity index (χ4n) is 3.89. The number of aliphatic carboxylic acids is 2. The lowest BCUT2D eigenvalue weighted by Crippen LogP contribution is -2.50. The quantitative estimate of drug-likeness (QED) is 0.0613. The van der Waals surface area contributed by atoms with E-state index in [9.17, 15) is 48.9 Å². The molecule has 0 aliphatic carbocycles. The van der Waals surface area contributed by atoms with Gasteiger partial charge in [-0.25, -0.2) is 9.59 Å². The van der Waals surface area contributed by atoms with E-state index in [1.165, 1.54) is 31.2 Å². The first-order valence-electron chi connectivity index (χ1n) is 14.0. The fourth-order valence-corrected chi connectivity index (χ4v) is 4.78. The summed E-state index contributed by atoms with van der Waals surface area (Å²) in [6.07, 6.45) is 0.337. The van der Waals surface area contributed by atoms with Gasteiger partial charge < -0.3 is 41.1 Å². The van der Waals surface area contributed by atoms with Gasteiger partial charge in [0, 0.05) is 17.7 Å². The number of carbonyl (C=O) groups is 7. The minimum atomic E-state index is -1.46. The van der Waals surface area contributed by atoms with Crippen LogP contribution >= 0.6 is 11.8 Å². The number of benzene rings is 2. The van der Waals surface area contributed by atoms with Crippen LogP contribution in [-0.4, -0.2) is 98.6 Å². The lowest BCUT2D eigenvalue weighted by atomic mass is 10.0. The molecule has 16 heteroatoms. The Balaban J connectivity index is 1.93. The molecule has 2 aromatic carbocycles. The van der Waals surface area contributed by atoms with Crippen LogP contribution in [0.1, 0.15) is 41.3 Å². The molecule has 0 saturated heterocycles. The minimum Gasteiger partial charge on any atom is -0.504 e. The van der Waals surface area contributed by atoms with Crippen LogP contribution in [0.2, 0.25) is 0 Å². The molecule has 15 nitrogen and oxygen atoms in total. The summed E-state index contributed by atoms with van der Waals surface area (Å²) in [5.74, 6) is -8.05. The Kier molecular flexibility index (Phi) is 15.0. The summed E-state index contributed by atoms with van der Waals surface area (Å²) >= 11 is 0.824. The van der Waals surface area contributed by atoms with Gasteiger partial charge in [0.2, 0.25) is 17.6 Å². The average Bonchev–Trinajstić information content (AvgIpc) is 3.01. The number of esters is 1. The molecule has 0 bridgehead atoms. The lowest BCUT2D eigenvalue weighted by molar-refractivity contribution is -0.152. The number of hydrogen-bond donors (Lipinski definition) is 7. The van der Waals surface area contributed by atoms with E-state index < -0.39 is 66.5 Å². The Labute approximate surface area is 267 Å². The molecule has 0 aromatic heterocycles. The predicted octanol–water partition coefficient (Wildman–Crippen LogP) is 0.397. The second kappa shape index (κ2) is 18.6. The van der Waals surface area contributed by atoms with Crippen molar-refractivity contribution in [3.8, 4) is 11.5 Å². The Hall–Kier alpha value is -5.12. The van der Waals surface area contributed by atoms with Gasteiger partial charge in [0.15, 0.2) is 11.5 Å². The van der Waals surface area contributed by atoms with Crippen molar-refractivity contribution in [2.24, 2.45) is 0 Å². The SMILES string of the molecule is CCOC(=O)C(=O)CSCC(NC(=O)CCC(NC(=O)c1ccc(CCc2ccc(O)c(O)c2)cc1)C(=O)O)C(=O)NCC(=O)O. The third-order valence-corrected chi connectivity index (χ3v) is 7.34. The zero-order chi connectivity index (χ0) is 34.2. The van der Waals surface area contributed by atoms with E-state index in [0.29, 0.717) is 12.8 Å². The van der Waals surface area contributed by atoms with E-state index >= 15 is 0 Å². The highest BCUT2D eigenvalue weighted by Gasteiger charge is 2.26. The molecule has 46 heavy (non-hydrogen) atoms. The van der Waals surface area contributed by atoms with Gasteiger partial charge in [0.25, 0.3) is 5.91 Å². The van der Waals surface area contributed by atoms with Gasteiger partial charge in [-0.2, -0.15) is 11.8 Å². The highest BCUT2D eigenvalue weighted by Crippen LogP contribution is 2.25. The zero-order valence-electron chi connectivity index (χ0n) is 24.8. The number of hydrogen-bond acceptors (Lipinski definition) is 11. The molecule has 2 atom stereocenters. The number of carboxylic acid groups (broad SMARTS) is 2. The van der Waals surface area contributed by atoms with Gasteiger partial charge in [0.05, 0.1) is 12.4 Å². The molecular weight excluding hydrogens is 626 g/mol. The van der Waals surface area contributed by atoms with Crippen LogP contribution in [0, 0.1) is 0 Å². The number of aromatic hydroxyl groups is 2. The summed E-state index contributed by atoms with van der Waals surface area (Å²) in [5, 5.41) is 44.3. The van der Waals surface area contributed by atoms with Gasteiger partial charge in [0.1, 0.15) is 18.6 Å². The van der Waals surface area contributed by atoms with Crippen molar-refractivity contribution in [3.63, 3.8) is 0 Å². The maximum absolute atomic E-state index is 12.7. The summed E-state index contributed by atoms with van der Waals surface area (Å²) in [4.78, 5) is 83.7. The number of ketones is 1. The number of carboxylic acids is 2. The maximum atomic E-state index is 12.7. The Morgan fingerprint density at radius 1 is 0.848 bits per heavy atom. The van der Waals surface area contributed by atoms with Crippen LogP contribution in [0.25, 0.3) is 0 Å². The van der Waals surface area contributed by atoms with Crippen LogP contribution in [0.15, 0.2) is 42.5 Å². The zero-order valence-corrected chi connectivity index (χ0v) is 25.6. The van der Waals surface area contributed by atoms with Crippen LogP contribution < -0.4 is 16.0 Å². The third-order valence-electron chi connectivity index (χ3n) is 6.31. The number of amides is 3. The van der Waals surface area contributed by atoms with E-state index in [1.807, 2.05) is 0 Å². The van der Waals surface area contributed by atoms with Gasteiger partial charge >= 0.3 is 17.9 Å². The van der Waals surface area contributed by atoms with Crippen molar-refractivity contribution in [2.75, 3.05) is 24.7 Å². The van der Waals surface area contributed by atoms with Crippen LogP contribution in [0.4, 0.5) is 0 Å². The summed E-state index contributed by atoms with van der Waals surface area (Å²) < 4.78 is 4.60. The fraction of sp³-hybridized carbons (Fsp3) is 0.367. The summed E-state index contributed by atoms with van der Waals surface area (Å²) in [7, 11) is 0. The molecule has 3 amide bonds. The molecule has 0 aliphatic rings. The maximum Gasteiger partial charge on any atom is 0.375 e. The van der Waals surface area contributed by atoms with Crippen LogP contribution in [0.3, 0.4) is 0 Å². The molecule has 2 rings (SSSR count). The van der Waals surface area contributed by atoms with Crippen molar-refractivity contribution >= 4 is 53.2 Å². The third kappa shape index (κ3) is 12.9. The van der Waals surface area contributed by atoms with Gasteiger partial charge in [-0.3, -0.25) is 24.0 Å². The smallest absolute Gasteiger partial charge is 0.375 e. The topological polar surface area (TPSA) is 246 Å². The largest absolute Gasteiger partial charge is 0.504 e.